The Morgan fingerprint density at radius 2 is 1.86 bits per heavy atom. The van der Waals surface area contributed by atoms with Crippen molar-refractivity contribution in [3.8, 4) is 0 Å². The molecule has 0 N–H and O–H groups in total. The first-order chi connectivity index (χ1) is 10.4. The monoisotopic (exact) mass is 308 g/mol. The number of nitrogens with zero attached hydrogens (tertiary/aromatic N) is 2. The molecule has 122 valence electrons. The molecule has 0 aliphatic carbocycles. The van der Waals surface area contributed by atoms with Crippen LogP contribution >= 0.6 is 0 Å². The van der Waals surface area contributed by atoms with Gasteiger partial charge in [-0.05, 0) is 45.5 Å². The van der Waals surface area contributed by atoms with Gasteiger partial charge in [-0.25, -0.2) is 4.39 Å². The summed E-state index contributed by atoms with van der Waals surface area (Å²) in [4.78, 5) is 16.3. The second-order valence-corrected chi connectivity index (χ2v) is 6.20. The van der Waals surface area contributed by atoms with Crippen LogP contribution in [-0.2, 0) is 9.53 Å². The van der Waals surface area contributed by atoms with E-state index in [9.17, 15) is 9.18 Å². The van der Waals surface area contributed by atoms with E-state index in [2.05, 4.69) is 0 Å². The number of morpholine rings is 1. The van der Waals surface area contributed by atoms with Crippen LogP contribution in [0, 0.1) is 5.82 Å². The number of amides is 1. The Morgan fingerprint density at radius 1 is 1.32 bits per heavy atom. The quantitative estimate of drug-likeness (QED) is 0.856. The second kappa shape index (κ2) is 7.20. The van der Waals surface area contributed by atoms with Gasteiger partial charge in [-0.3, -0.25) is 9.69 Å². The number of halogens is 1. The highest BCUT2D eigenvalue weighted by molar-refractivity contribution is 5.78. The lowest BCUT2D eigenvalue weighted by Gasteiger charge is -2.36. The number of carbonyl (C=O) groups is 1. The van der Waals surface area contributed by atoms with Gasteiger partial charge in [0.15, 0.2) is 0 Å². The smallest absolute Gasteiger partial charge is 0.236 e. The van der Waals surface area contributed by atoms with E-state index >= 15 is 0 Å². The van der Waals surface area contributed by atoms with Crippen molar-refractivity contribution in [1.82, 2.24) is 9.80 Å². The molecule has 2 rings (SSSR count). The van der Waals surface area contributed by atoms with Crippen LogP contribution in [0.25, 0.3) is 0 Å². The topological polar surface area (TPSA) is 32.8 Å². The van der Waals surface area contributed by atoms with Crippen LogP contribution < -0.4 is 0 Å². The zero-order valence-corrected chi connectivity index (χ0v) is 13.8. The number of likely N-dealkylation sites (N-methyl/N-ethyl adjacent to an activating group) is 1. The Hall–Kier alpha value is -1.46. The first-order valence-electron chi connectivity index (χ1n) is 7.75. The number of carbonyl (C=O) groups excluding carboxylic acids is 1. The lowest BCUT2D eigenvalue weighted by atomic mass is 10.1. The highest BCUT2D eigenvalue weighted by Gasteiger charge is 2.27. The molecular formula is C17H25FN2O2. The Bertz CT molecular complexity index is 496. The molecule has 4 nitrogen and oxygen atoms in total. The van der Waals surface area contributed by atoms with Gasteiger partial charge in [0.05, 0.1) is 18.8 Å². The van der Waals surface area contributed by atoms with E-state index in [-0.39, 0.29) is 30.0 Å². The third kappa shape index (κ3) is 4.27. The maximum Gasteiger partial charge on any atom is 0.236 e. The van der Waals surface area contributed by atoms with Gasteiger partial charge in [-0.1, -0.05) is 12.1 Å². The molecule has 0 saturated carbocycles. The molecule has 3 unspecified atom stereocenters. The fraction of sp³-hybridized carbons (Fsp3) is 0.588. The van der Waals surface area contributed by atoms with Crippen molar-refractivity contribution in [2.24, 2.45) is 0 Å². The maximum absolute atomic E-state index is 13.0. The van der Waals surface area contributed by atoms with Crippen molar-refractivity contribution in [3.05, 3.63) is 35.6 Å². The van der Waals surface area contributed by atoms with Crippen molar-refractivity contribution in [2.75, 3.05) is 26.7 Å². The first kappa shape index (κ1) is 16.9. The predicted molar refractivity (Wildman–Crippen MR) is 84.0 cm³/mol. The SMILES string of the molecule is CC1CN(C(=O)CN(C)C(C)c2ccc(F)cc2)CC(C)O1. The van der Waals surface area contributed by atoms with Crippen molar-refractivity contribution in [3.63, 3.8) is 0 Å². The Morgan fingerprint density at radius 3 is 2.41 bits per heavy atom. The van der Waals surface area contributed by atoms with E-state index in [0.29, 0.717) is 19.6 Å². The molecule has 3 atom stereocenters. The highest BCUT2D eigenvalue weighted by atomic mass is 19.1. The second-order valence-electron chi connectivity index (χ2n) is 6.20. The lowest BCUT2D eigenvalue weighted by molar-refractivity contribution is -0.144. The van der Waals surface area contributed by atoms with Crippen LogP contribution in [-0.4, -0.2) is 54.6 Å². The molecule has 22 heavy (non-hydrogen) atoms. The third-order valence-corrected chi connectivity index (χ3v) is 4.17. The number of ether oxygens (including phenoxy) is 1. The zero-order chi connectivity index (χ0) is 16.3. The zero-order valence-electron chi connectivity index (χ0n) is 13.8. The Labute approximate surface area is 131 Å². The van der Waals surface area contributed by atoms with E-state index in [1.165, 1.54) is 12.1 Å². The maximum atomic E-state index is 13.0. The molecule has 1 heterocycles. The van der Waals surface area contributed by atoms with Gasteiger partial charge in [0.25, 0.3) is 0 Å². The molecule has 1 saturated heterocycles. The summed E-state index contributed by atoms with van der Waals surface area (Å²) in [5.41, 5.74) is 1.00. The highest BCUT2D eigenvalue weighted by Crippen LogP contribution is 2.19. The molecule has 1 aliphatic rings. The molecule has 0 bridgehead atoms. The van der Waals surface area contributed by atoms with Crippen LogP contribution in [0.2, 0.25) is 0 Å². The van der Waals surface area contributed by atoms with E-state index in [4.69, 9.17) is 4.74 Å². The predicted octanol–water partition coefficient (Wildman–Crippen LogP) is 2.45. The summed E-state index contributed by atoms with van der Waals surface area (Å²) in [6.07, 6.45) is 0.153. The third-order valence-electron chi connectivity index (χ3n) is 4.17. The van der Waals surface area contributed by atoms with Gasteiger partial charge in [-0.2, -0.15) is 0 Å². The van der Waals surface area contributed by atoms with E-state index < -0.39 is 0 Å². The van der Waals surface area contributed by atoms with E-state index in [0.717, 1.165) is 5.56 Å². The minimum Gasteiger partial charge on any atom is -0.372 e. The molecule has 0 aromatic heterocycles. The normalized spacial score (nSPS) is 23.6. The molecular weight excluding hydrogens is 283 g/mol. The van der Waals surface area contributed by atoms with Gasteiger partial charge in [-0.15, -0.1) is 0 Å². The minimum absolute atomic E-state index is 0.0560. The van der Waals surface area contributed by atoms with Gasteiger partial charge < -0.3 is 9.64 Å². The van der Waals surface area contributed by atoms with Gasteiger partial charge >= 0.3 is 0 Å². The molecule has 5 heteroatoms. The van der Waals surface area contributed by atoms with E-state index in [1.54, 1.807) is 12.1 Å². The summed E-state index contributed by atoms with van der Waals surface area (Å²) in [6.45, 7) is 7.62. The van der Waals surface area contributed by atoms with Crippen LogP contribution in [0.15, 0.2) is 24.3 Å². The van der Waals surface area contributed by atoms with Crippen molar-refractivity contribution >= 4 is 5.91 Å². The molecule has 1 aliphatic heterocycles. The van der Waals surface area contributed by atoms with Crippen LogP contribution in [0.3, 0.4) is 0 Å². The van der Waals surface area contributed by atoms with Crippen LogP contribution in [0.1, 0.15) is 32.4 Å². The Kier molecular flexibility index (Phi) is 5.53. The largest absolute Gasteiger partial charge is 0.372 e. The number of hydrogen-bond acceptors (Lipinski definition) is 3. The fourth-order valence-corrected chi connectivity index (χ4v) is 2.83. The summed E-state index contributed by atoms with van der Waals surface area (Å²) in [5, 5.41) is 0. The fourth-order valence-electron chi connectivity index (χ4n) is 2.83. The standard InChI is InChI=1S/C17H25FN2O2/c1-12-9-20(10-13(2)22-12)17(21)11-19(4)14(3)15-5-7-16(18)8-6-15/h5-8,12-14H,9-11H2,1-4H3. The van der Waals surface area contributed by atoms with E-state index in [1.807, 2.05) is 37.6 Å². The molecule has 0 spiro atoms. The summed E-state index contributed by atoms with van der Waals surface area (Å²) < 4.78 is 18.6. The van der Waals surface area contributed by atoms with Crippen molar-refractivity contribution in [2.45, 2.75) is 39.0 Å². The van der Waals surface area contributed by atoms with Crippen LogP contribution in [0.4, 0.5) is 4.39 Å². The Balaban J connectivity index is 1.94. The summed E-state index contributed by atoms with van der Waals surface area (Å²) in [5.74, 6) is -0.135. The van der Waals surface area contributed by atoms with Crippen molar-refractivity contribution in [1.29, 1.82) is 0 Å². The molecule has 1 fully saturated rings. The molecule has 1 aromatic carbocycles. The summed E-state index contributed by atoms with van der Waals surface area (Å²) in [6, 6.07) is 6.49. The summed E-state index contributed by atoms with van der Waals surface area (Å²) in [7, 11) is 1.92. The van der Waals surface area contributed by atoms with Gasteiger partial charge in [0.1, 0.15) is 5.82 Å². The number of benzene rings is 1. The van der Waals surface area contributed by atoms with Crippen molar-refractivity contribution < 1.29 is 13.9 Å². The number of hydrogen-bond donors (Lipinski definition) is 0. The summed E-state index contributed by atoms with van der Waals surface area (Å²) >= 11 is 0. The molecule has 1 amide bonds. The van der Waals surface area contributed by atoms with Gasteiger partial charge in [0.2, 0.25) is 5.91 Å². The molecule has 1 aromatic rings. The average molecular weight is 308 g/mol. The number of rotatable bonds is 4. The first-order valence-corrected chi connectivity index (χ1v) is 7.75. The van der Waals surface area contributed by atoms with Gasteiger partial charge in [0, 0.05) is 19.1 Å². The average Bonchev–Trinajstić information content (AvgIpc) is 2.46. The lowest BCUT2D eigenvalue weighted by Crippen LogP contribution is -2.50. The molecule has 0 radical (unpaired) electrons. The van der Waals surface area contributed by atoms with Crippen LogP contribution in [0.5, 0.6) is 0 Å². The minimum atomic E-state index is -0.244.